The molecule has 0 bridgehead atoms. The molecule has 0 radical (unpaired) electrons. The third kappa shape index (κ3) is 12.1. The normalized spacial score (nSPS) is 13.9. The van der Waals surface area contributed by atoms with Gasteiger partial charge in [0.2, 0.25) is 5.91 Å². The summed E-state index contributed by atoms with van der Waals surface area (Å²) in [6.45, 7) is 3.43. The highest BCUT2D eigenvalue weighted by Gasteiger charge is 2.30. The number of alkyl halides is 4. The molecule has 7 rings (SSSR count). The Hall–Kier alpha value is -6.09. The topological polar surface area (TPSA) is 109 Å². The molecule has 0 saturated carbocycles. The van der Waals surface area contributed by atoms with Crippen molar-refractivity contribution in [2.75, 3.05) is 50.4 Å². The second-order valence-corrected chi connectivity index (χ2v) is 15.6. The molecule has 6 aromatic rings. The Balaban J connectivity index is 0.721. The van der Waals surface area contributed by atoms with E-state index in [0.717, 1.165) is 71.1 Å². The van der Waals surface area contributed by atoms with Crippen LogP contribution in [0.15, 0.2) is 127 Å². The van der Waals surface area contributed by atoms with Gasteiger partial charge in [0.25, 0.3) is 5.91 Å². The lowest BCUT2D eigenvalue weighted by atomic mass is 10.1. The molecule has 336 valence electrons. The van der Waals surface area contributed by atoms with E-state index in [0.29, 0.717) is 75.2 Å². The van der Waals surface area contributed by atoms with Crippen LogP contribution >= 0.6 is 11.6 Å². The molecule has 1 unspecified atom stereocenters. The number of carbonyl (C=O) groups is 2. The van der Waals surface area contributed by atoms with E-state index < -0.39 is 11.7 Å². The fourth-order valence-electron chi connectivity index (χ4n) is 7.44. The van der Waals surface area contributed by atoms with Crippen LogP contribution in [0, 0.1) is 0 Å². The minimum atomic E-state index is -4.43. The average molecular weight is 898 g/mol. The van der Waals surface area contributed by atoms with Crippen molar-refractivity contribution in [2.24, 2.45) is 7.05 Å². The summed E-state index contributed by atoms with van der Waals surface area (Å²) in [4.78, 5) is 27.3. The monoisotopic (exact) mass is 897 g/mol. The van der Waals surface area contributed by atoms with Crippen molar-refractivity contribution in [3.63, 3.8) is 0 Å². The Kier molecular flexibility index (Phi) is 15.8. The number of allylic oxidation sites excluding steroid dienone is 1. The number of nitrogens with zero attached hydrogens (tertiary/aromatic N) is 4. The van der Waals surface area contributed by atoms with Gasteiger partial charge in [0.1, 0.15) is 30.1 Å². The van der Waals surface area contributed by atoms with Gasteiger partial charge in [-0.2, -0.15) is 18.3 Å². The maximum Gasteiger partial charge on any atom is 0.416 e. The van der Waals surface area contributed by atoms with Crippen LogP contribution in [0.5, 0.6) is 5.75 Å². The average Bonchev–Trinajstić information content (AvgIpc) is 3.83. The SMILES string of the molecule is Cn1cc2c3cc(C(=O)NCCCCCCOCCOCCOC4=CCC(Oc5ccc(N(Cc6ccccc6)C(=O)CCl)cc5)C=C4)ccc3n(-c3ccc(C(F)(F)F)cc3)c2n1. The zero-order chi connectivity index (χ0) is 44.9. The van der Waals surface area contributed by atoms with Gasteiger partial charge >= 0.3 is 6.18 Å². The van der Waals surface area contributed by atoms with Crippen LogP contribution in [0.3, 0.4) is 0 Å². The molecule has 2 aromatic heterocycles. The quantitative estimate of drug-likeness (QED) is 0.0534. The van der Waals surface area contributed by atoms with Crippen LogP contribution in [0.1, 0.15) is 53.6 Å². The van der Waals surface area contributed by atoms with Gasteiger partial charge in [0.15, 0.2) is 5.65 Å². The number of unbranched alkanes of at least 4 members (excludes halogenated alkanes) is 3. The largest absolute Gasteiger partial charge is 0.492 e. The first-order valence-corrected chi connectivity index (χ1v) is 21.9. The number of amides is 2. The predicted octanol–water partition coefficient (Wildman–Crippen LogP) is 9.94. The zero-order valence-corrected chi connectivity index (χ0v) is 36.3. The maximum absolute atomic E-state index is 13.2. The Morgan fingerprint density at radius 2 is 1.59 bits per heavy atom. The van der Waals surface area contributed by atoms with E-state index in [1.165, 1.54) is 12.1 Å². The lowest BCUT2D eigenvalue weighted by Crippen LogP contribution is -2.31. The molecular formula is C49H51ClF3N5O6. The molecule has 0 fully saturated rings. The molecule has 2 amide bonds. The maximum atomic E-state index is 13.2. The molecule has 11 nitrogen and oxygen atoms in total. The molecule has 2 heterocycles. The second-order valence-electron chi connectivity index (χ2n) is 15.3. The van der Waals surface area contributed by atoms with Crippen molar-refractivity contribution < 1.29 is 41.7 Å². The molecular weight excluding hydrogens is 847 g/mol. The van der Waals surface area contributed by atoms with E-state index in [1.54, 1.807) is 33.3 Å². The summed E-state index contributed by atoms with van der Waals surface area (Å²) in [7, 11) is 1.78. The third-order valence-corrected chi connectivity index (χ3v) is 10.9. The lowest BCUT2D eigenvalue weighted by Gasteiger charge is -2.23. The number of halogens is 4. The van der Waals surface area contributed by atoms with Gasteiger partial charge in [-0.15, -0.1) is 11.6 Å². The first kappa shape index (κ1) is 45.9. The molecule has 0 spiro atoms. The highest BCUT2D eigenvalue weighted by atomic mass is 35.5. The van der Waals surface area contributed by atoms with Crippen LogP contribution in [0.4, 0.5) is 18.9 Å². The lowest BCUT2D eigenvalue weighted by molar-refractivity contribution is -0.137. The van der Waals surface area contributed by atoms with Gasteiger partial charge < -0.3 is 29.2 Å². The fraction of sp³-hybridized carbons (Fsp3) is 0.327. The molecule has 0 aliphatic heterocycles. The van der Waals surface area contributed by atoms with Crippen molar-refractivity contribution >= 4 is 51.0 Å². The Labute approximate surface area is 375 Å². The van der Waals surface area contributed by atoms with Gasteiger partial charge in [-0.05, 0) is 103 Å². The molecule has 64 heavy (non-hydrogen) atoms. The Bertz CT molecular complexity index is 2540. The molecule has 15 heteroatoms. The fourth-order valence-corrected chi connectivity index (χ4v) is 7.58. The van der Waals surface area contributed by atoms with Gasteiger partial charge in [-0.25, -0.2) is 0 Å². The second kappa shape index (κ2) is 22.0. The van der Waals surface area contributed by atoms with Gasteiger partial charge in [-0.3, -0.25) is 18.8 Å². The summed E-state index contributed by atoms with van der Waals surface area (Å²) in [5.41, 5.74) is 3.43. The van der Waals surface area contributed by atoms with Gasteiger partial charge in [-0.1, -0.05) is 43.2 Å². The van der Waals surface area contributed by atoms with Gasteiger partial charge in [0, 0.05) is 60.5 Å². The first-order valence-electron chi connectivity index (χ1n) is 21.3. The summed E-state index contributed by atoms with van der Waals surface area (Å²) in [6.07, 6.45) is 7.45. The number of nitrogens with one attached hydrogen (secondary N) is 1. The first-order chi connectivity index (χ1) is 31.1. The van der Waals surface area contributed by atoms with Crippen molar-refractivity contribution in [3.8, 4) is 11.4 Å². The van der Waals surface area contributed by atoms with Crippen molar-refractivity contribution in [3.05, 3.63) is 144 Å². The molecule has 4 aromatic carbocycles. The van der Waals surface area contributed by atoms with Crippen LogP contribution in [-0.2, 0) is 38.8 Å². The van der Waals surface area contributed by atoms with E-state index in [4.69, 9.17) is 30.5 Å². The van der Waals surface area contributed by atoms with E-state index >= 15 is 0 Å². The number of fused-ring (bicyclic) bond motifs is 3. The standard InChI is InChI=1S/C49H51ClF3N5O6/c1-56-34-44-43-31-36(11-24-45(43)58(47(44)55-56)39-14-12-37(13-15-39)49(51,52)53)48(60)54-25-7-2-3-8-26-61-27-28-62-29-30-63-40-20-22-42(23-21-40)64-41-18-16-38(17-19-41)57(46(59)32-50)33-35-9-5-4-6-10-35/h4-6,9-22,24,31,34,42H,2-3,7-8,23,25-30,32-33H2,1H3,(H,54,60). The number of aryl methyl sites for hydroxylation is 1. The summed E-state index contributed by atoms with van der Waals surface area (Å²) in [5, 5.41) is 9.14. The predicted molar refractivity (Wildman–Crippen MR) is 242 cm³/mol. The number of rotatable bonds is 22. The van der Waals surface area contributed by atoms with E-state index in [2.05, 4.69) is 10.4 Å². The van der Waals surface area contributed by atoms with Crippen LogP contribution < -0.4 is 15.0 Å². The molecule has 0 saturated heterocycles. The highest BCUT2D eigenvalue weighted by molar-refractivity contribution is 6.29. The van der Waals surface area contributed by atoms with Crippen LogP contribution in [-0.4, -0.2) is 77.7 Å². The van der Waals surface area contributed by atoms with Crippen molar-refractivity contribution in [2.45, 2.75) is 50.9 Å². The Morgan fingerprint density at radius 1 is 0.859 bits per heavy atom. The van der Waals surface area contributed by atoms with Crippen molar-refractivity contribution in [1.29, 1.82) is 0 Å². The number of hydrogen-bond acceptors (Lipinski definition) is 7. The molecule has 1 aliphatic rings. The van der Waals surface area contributed by atoms with E-state index in [-0.39, 0.29) is 23.8 Å². The number of ether oxygens (including phenoxy) is 4. The summed E-state index contributed by atoms with van der Waals surface area (Å²) in [5.74, 6) is 1.01. The molecule has 1 atom stereocenters. The summed E-state index contributed by atoms with van der Waals surface area (Å²) in [6, 6.07) is 27.5. The summed E-state index contributed by atoms with van der Waals surface area (Å²) < 4.78 is 66.4. The van der Waals surface area contributed by atoms with E-state index in [9.17, 15) is 22.8 Å². The zero-order valence-electron chi connectivity index (χ0n) is 35.6. The number of aromatic nitrogens is 3. The minimum Gasteiger partial charge on any atom is -0.492 e. The van der Waals surface area contributed by atoms with Crippen LogP contribution in [0.2, 0.25) is 0 Å². The smallest absolute Gasteiger partial charge is 0.416 e. The minimum absolute atomic E-state index is 0.104. The number of carbonyl (C=O) groups excluding carboxylic acids is 2. The summed E-state index contributed by atoms with van der Waals surface area (Å²) >= 11 is 5.90. The Morgan fingerprint density at radius 3 is 2.31 bits per heavy atom. The molecule has 1 aliphatic carbocycles. The number of benzene rings is 4. The van der Waals surface area contributed by atoms with Gasteiger partial charge in [0.05, 0.1) is 37.4 Å². The molecule has 1 N–H and O–H groups in total. The van der Waals surface area contributed by atoms with Crippen LogP contribution in [0.25, 0.3) is 27.6 Å². The number of anilines is 1. The van der Waals surface area contributed by atoms with E-state index in [1.807, 2.05) is 85.1 Å². The highest BCUT2D eigenvalue weighted by Crippen LogP contribution is 2.34. The van der Waals surface area contributed by atoms with Crippen molar-refractivity contribution in [1.82, 2.24) is 19.7 Å². The number of hydrogen-bond donors (Lipinski definition) is 1. The third-order valence-electron chi connectivity index (χ3n) is 10.7.